The van der Waals surface area contributed by atoms with Gasteiger partial charge in [0, 0.05) is 46.0 Å². The molecule has 1 aromatic rings. The lowest BCUT2D eigenvalue weighted by Gasteiger charge is -2.28. The van der Waals surface area contributed by atoms with Crippen LogP contribution in [0.15, 0.2) is 23.3 Å². The van der Waals surface area contributed by atoms with E-state index in [1.807, 2.05) is 33.0 Å². The highest BCUT2D eigenvalue weighted by Crippen LogP contribution is 2.18. The van der Waals surface area contributed by atoms with E-state index in [-0.39, 0.29) is 6.09 Å². The van der Waals surface area contributed by atoms with Crippen LogP contribution in [-0.4, -0.2) is 55.9 Å². The average Bonchev–Trinajstić information content (AvgIpc) is 2.69. The SMILES string of the molecule is CN=C(NCCCNC(=O)OC(C)(C)C)NCc1ccnc(N2CCCCC2)c1. The number of pyridine rings is 1. The molecule has 8 heteroatoms. The molecule has 1 aliphatic rings. The number of guanidine groups is 1. The molecule has 29 heavy (non-hydrogen) atoms. The molecule has 0 aliphatic carbocycles. The number of alkyl carbamates (subject to hydrolysis) is 1. The van der Waals surface area contributed by atoms with Crippen molar-refractivity contribution in [3.8, 4) is 0 Å². The molecule has 0 radical (unpaired) electrons. The summed E-state index contributed by atoms with van der Waals surface area (Å²) >= 11 is 0. The van der Waals surface area contributed by atoms with Gasteiger partial charge in [0.1, 0.15) is 11.4 Å². The van der Waals surface area contributed by atoms with Crippen molar-refractivity contribution in [2.75, 3.05) is 38.1 Å². The molecule has 1 saturated heterocycles. The van der Waals surface area contributed by atoms with Gasteiger partial charge in [-0.05, 0) is 64.2 Å². The smallest absolute Gasteiger partial charge is 0.407 e. The number of nitrogens with one attached hydrogen (secondary N) is 3. The van der Waals surface area contributed by atoms with Gasteiger partial charge in [-0.2, -0.15) is 0 Å². The van der Waals surface area contributed by atoms with Crippen LogP contribution >= 0.6 is 0 Å². The Kier molecular flexibility index (Phi) is 9.02. The molecule has 1 aromatic heterocycles. The van der Waals surface area contributed by atoms with Crippen molar-refractivity contribution in [2.24, 2.45) is 4.99 Å². The Morgan fingerprint density at radius 3 is 2.59 bits per heavy atom. The number of carbonyl (C=O) groups is 1. The highest BCUT2D eigenvalue weighted by atomic mass is 16.6. The Labute approximate surface area is 174 Å². The van der Waals surface area contributed by atoms with Crippen molar-refractivity contribution in [1.29, 1.82) is 0 Å². The van der Waals surface area contributed by atoms with Crippen LogP contribution in [-0.2, 0) is 11.3 Å². The number of ether oxygens (including phenoxy) is 1. The first-order valence-electron chi connectivity index (χ1n) is 10.5. The van der Waals surface area contributed by atoms with E-state index in [4.69, 9.17) is 4.74 Å². The van der Waals surface area contributed by atoms with E-state index in [0.717, 1.165) is 31.3 Å². The number of anilines is 1. The number of aliphatic imine (C=N–C) groups is 1. The van der Waals surface area contributed by atoms with Gasteiger partial charge in [-0.3, -0.25) is 4.99 Å². The van der Waals surface area contributed by atoms with E-state index in [1.165, 1.54) is 24.8 Å². The predicted molar refractivity (Wildman–Crippen MR) is 117 cm³/mol. The molecule has 1 fully saturated rings. The van der Waals surface area contributed by atoms with Crippen LogP contribution in [0.2, 0.25) is 0 Å². The quantitative estimate of drug-likeness (QED) is 0.368. The summed E-state index contributed by atoms with van der Waals surface area (Å²) in [7, 11) is 1.75. The fraction of sp³-hybridized carbons (Fsp3) is 0.667. The molecule has 2 heterocycles. The minimum atomic E-state index is -0.477. The molecule has 1 aliphatic heterocycles. The summed E-state index contributed by atoms with van der Waals surface area (Å²) in [5.74, 6) is 1.79. The minimum Gasteiger partial charge on any atom is -0.444 e. The Morgan fingerprint density at radius 1 is 1.17 bits per heavy atom. The van der Waals surface area contributed by atoms with Gasteiger partial charge in [0.2, 0.25) is 0 Å². The molecular weight excluding hydrogens is 368 g/mol. The molecule has 0 aromatic carbocycles. The van der Waals surface area contributed by atoms with Gasteiger partial charge in [0.15, 0.2) is 5.96 Å². The second-order valence-corrected chi connectivity index (χ2v) is 8.20. The Bertz CT molecular complexity index is 665. The zero-order valence-electron chi connectivity index (χ0n) is 18.3. The van der Waals surface area contributed by atoms with Crippen molar-refractivity contribution >= 4 is 17.9 Å². The largest absolute Gasteiger partial charge is 0.444 e. The zero-order chi connectivity index (χ0) is 21.1. The highest BCUT2D eigenvalue weighted by Gasteiger charge is 2.15. The number of rotatable bonds is 7. The number of amides is 1. The maximum Gasteiger partial charge on any atom is 0.407 e. The van der Waals surface area contributed by atoms with Gasteiger partial charge in [-0.1, -0.05) is 0 Å². The van der Waals surface area contributed by atoms with Crippen molar-refractivity contribution in [3.05, 3.63) is 23.9 Å². The summed E-state index contributed by atoms with van der Waals surface area (Å²) in [5, 5.41) is 9.34. The number of aromatic nitrogens is 1. The molecule has 2 rings (SSSR count). The molecule has 0 saturated carbocycles. The number of carbonyl (C=O) groups excluding carboxylic acids is 1. The van der Waals surface area contributed by atoms with Gasteiger partial charge in [-0.15, -0.1) is 0 Å². The Morgan fingerprint density at radius 2 is 1.90 bits per heavy atom. The summed E-state index contributed by atoms with van der Waals surface area (Å²) < 4.78 is 5.21. The molecule has 0 atom stereocenters. The standard InChI is InChI=1S/C21H36N6O2/c1-21(2,3)29-20(28)25-11-8-10-24-19(22-4)26-16-17-9-12-23-18(15-17)27-13-6-5-7-14-27/h9,12,15H,5-8,10-11,13-14,16H2,1-4H3,(H,25,28)(H2,22,24,26). The van der Waals surface area contributed by atoms with E-state index >= 15 is 0 Å². The Balaban J connectivity index is 1.68. The summed E-state index contributed by atoms with van der Waals surface area (Å²) in [6, 6.07) is 4.18. The van der Waals surface area contributed by atoms with Crippen LogP contribution in [0.3, 0.4) is 0 Å². The van der Waals surface area contributed by atoms with Crippen LogP contribution < -0.4 is 20.9 Å². The summed E-state index contributed by atoms with van der Waals surface area (Å²) in [6.45, 7) is 9.65. The maximum absolute atomic E-state index is 11.6. The number of piperidine rings is 1. The lowest BCUT2D eigenvalue weighted by atomic mass is 10.1. The van der Waals surface area contributed by atoms with Gasteiger partial charge >= 0.3 is 6.09 Å². The third-order valence-corrected chi connectivity index (χ3v) is 4.49. The summed E-state index contributed by atoms with van der Waals surface area (Å²) in [6.07, 6.45) is 6.05. The van der Waals surface area contributed by atoms with Gasteiger partial charge in [0.25, 0.3) is 0 Å². The van der Waals surface area contributed by atoms with E-state index in [1.54, 1.807) is 7.05 Å². The molecule has 162 valence electrons. The van der Waals surface area contributed by atoms with Crippen LogP contribution in [0.1, 0.15) is 52.0 Å². The van der Waals surface area contributed by atoms with E-state index in [2.05, 4.69) is 36.9 Å². The van der Waals surface area contributed by atoms with Crippen molar-refractivity contribution < 1.29 is 9.53 Å². The highest BCUT2D eigenvalue weighted by molar-refractivity contribution is 5.79. The van der Waals surface area contributed by atoms with Crippen LogP contribution in [0, 0.1) is 0 Å². The monoisotopic (exact) mass is 404 g/mol. The van der Waals surface area contributed by atoms with Crippen molar-refractivity contribution in [3.63, 3.8) is 0 Å². The lowest BCUT2D eigenvalue weighted by molar-refractivity contribution is 0.0527. The van der Waals surface area contributed by atoms with Gasteiger partial charge in [-0.25, -0.2) is 9.78 Å². The minimum absolute atomic E-state index is 0.387. The first kappa shape index (κ1) is 22.8. The van der Waals surface area contributed by atoms with Crippen LogP contribution in [0.4, 0.5) is 10.6 Å². The summed E-state index contributed by atoms with van der Waals surface area (Å²) in [5.41, 5.74) is 0.699. The fourth-order valence-electron chi connectivity index (χ4n) is 3.07. The van der Waals surface area contributed by atoms with Crippen LogP contribution in [0.5, 0.6) is 0 Å². The molecular formula is C21H36N6O2. The first-order chi connectivity index (χ1) is 13.9. The molecule has 0 spiro atoms. The molecule has 0 bridgehead atoms. The van der Waals surface area contributed by atoms with Crippen molar-refractivity contribution in [2.45, 2.75) is 58.6 Å². The van der Waals surface area contributed by atoms with E-state index < -0.39 is 5.60 Å². The number of nitrogens with zero attached hydrogens (tertiary/aromatic N) is 3. The number of hydrogen-bond acceptors (Lipinski definition) is 5. The molecule has 1 amide bonds. The van der Waals surface area contributed by atoms with Crippen molar-refractivity contribution in [1.82, 2.24) is 20.9 Å². The zero-order valence-corrected chi connectivity index (χ0v) is 18.3. The lowest BCUT2D eigenvalue weighted by Crippen LogP contribution is -2.39. The Hall–Kier alpha value is -2.51. The fourth-order valence-corrected chi connectivity index (χ4v) is 3.07. The number of hydrogen-bond donors (Lipinski definition) is 3. The van der Waals surface area contributed by atoms with Gasteiger partial charge in [0.05, 0.1) is 0 Å². The molecule has 0 unspecified atom stereocenters. The first-order valence-corrected chi connectivity index (χ1v) is 10.5. The van der Waals surface area contributed by atoms with E-state index in [0.29, 0.717) is 19.6 Å². The normalized spacial score (nSPS) is 15.0. The third kappa shape index (κ3) is 9.02. The molecule has 8 nitrogen and oxygen atoms in total. The molecule has 3 N–H and O–H groups in total. The van der Waals surface area contributed by atoms with E-state index in [9.17, 15) is 4.79 Å². The second-order valence-electron chi connectivity index (χ2n) is 8.20. The average molecular weight is 405 g/mol. The van der Waals surface area contributed by atoms with Gasteiger partial charge < -0.3 is 25.6 Å². The van der Waals surface area contributed by atoms with Crippen LogP contribution in [0.25, 0.3) is 0 Å². The summed E-state index contributed by atoms with van der Waals surface area (Å²) in [4.78, 5) is 22.8. The topological polar surface area (TPSA) is 90.9 Å². The second kappa shape index (κ2) is 11.5. The predicted octanol–water partition coefficient (Wildman–Crippen LogP) is 2.65. The third-order valence-electron chi connectivity index (χ3n) is 4.49. The maximum atomic E-state index is 11.6.